The van der Waals surface area contributed by atoms with Crippen LogP contribution < -0.4 is 5.32 Å². The second kappa shape index (κ2) is 6.50. The van der Waals surface area contributed by atoms with Crippen molar-refractivity contribution in [3.05, 3.63) is 35.9 Å². The van der Waals surface area contributed by atoms with Crippen molar-refractivity contribution in [1.29, 1.82) is 0 Å². The first-order valence-corrected chi connectivity index (χ1v) is 8.25. The van der Waals surface area contributed by atoms with Crippen LogP contribution in [0.1, 0.15) is 52.5 Å². The third-order valence-electron chi connectivity index (χ3n) is 4.82. The number of hydrogen-bond acceptors (Lipinski definition) is 2. The molecule has 2 heteroatoms. The third kappa shape index (κ3) is 4.31. The van der Waals surface area contributed by atoms with Crippen molar-refractivity contribution in [2.75, 3.05) is 7.05 Å². The molecule has 0 aliphatic carbocycles. The molecule has 21 heavy (non-hydrogen) atoms. The Hall–Kier alpha value is -0.860. The van der Waals surface area contributed by atoms with Gasteiger partial charge in [-0.2, -0.15) is 0 Å². The molecule has 0 saturated carbocycles. The van der Waals surface area contributed by atoms with Crippen LogP contribution in [-0.4, -0.2) is 24.3 Å². The number of nitrogens with one attached hydrogen (secondary N) is 1. The molecule has 1 aliphatic heterocycles. The maximum atomic E-state index is 6.26. The maximum absolute atomic E-state index is 6.26. The van der Waals surface area contributed by atoms with E-state index in [9.17, 15) is 0 Å². The number of benzene rings is 1. The van der Waals surface area contributed by atoms with E-state index >= 15 is 0 Å². The summed E-state index contributed by atoms with van der Waals surface area (Å²) in [6.45, 7) is 8.92. The van der Waals surface area contributed by atoms with E-state index < -0.39 is 0 Å². The van der Waals surface area contributed by atoms with Crippen LogP contribution in [0.15, 0.2) is 30.3 Å². The largest absolute Gasteiger partial charge is 0.369 e. The van der Waals surface area contributed by atoms with E-state index in [1.807, 2.05) is 0 Å². The predicted octanol–water partition coefficient (Wildman–Crippen LogP) is 4.19. The Kier molecular flexibility index (Phi) is 5.11. The van der Waals surface area contributed by atoms with Crippen molar-refractivity contribution in [2.45, 2.75) is 70.6 Å². The summed E-state index contributed by atoms with van der Waals surface area (Å²) in [7, 11) is 2.09. The van der Waals surface area contributed by atoms with E-state index in [2.05, 4.69) is 70.4 Å². The van der Waals surface area contributed by atoms with Gasteiger partial charge in [-0.05, 0) is 66.0 Å². The first-order chi connectivity index (χ1) is 9.84. The lowest BCUT2D eigenvalue weighted by molar-refractivity contribution is -0.0777. The Bertz CT molecular complexity index is 438. The summed E-state index contributed by atoms with van der Waals surface area (Å²) in [5.41, 5.74) is 1.40. The van der Waals surface area contributed by atoms with E-state index in [4.69, 9.17) is 4.74 Å². The fraction of sp³-hybridized carbons (Fsp3) is 0.684. The quantitative estimate of drug-likeness (QED) is 0.848. The summed E-state index contributed by atoms with van der Waals surface area (Å²) in [5.74, 6) is 0.577. The van der Waals surface area contributed by atoms with Gasteiger partial charge in [0.1, 0.15) is 0 Å². The molecule has 0 bridgehead atoms. The van der Waals surface area contributed by atoms with Gasteiger partial charge in [-0.3, -0.25) is 0 Å². The van der Waals surface area contributed by atoms with Crippen LogP contribution in [0.2, 0.25) is 0 Å². The molecule has 1 aliphatic rings. The van der Waals surface area contributed by atoms with Crippen LogP contribution in [0.5, 0.6) is 0 Å². The molecule has 0 amide bonds. The Morgan fingerprint density at radius 2 is 1.86 bits per heavy atom. The fourth-order valence-corrected chi connectivity index (χ4v) is 3.95. The van der Waals surface area contributed by atoms with Crippen LogP contribution in [0.4, 0.5) is 0 Å². The molecule has 2 unspecified atom stereocenters. The van der Waals surface area contributed by atoms with Crippen molar-refractivity contribution >= 4 is 0 Å². The summed E-state index contributed by atoms with van der Waals surface area (Å²) >= 11 is 0. The normalized spacial score (nSPS) is 24.9. The van der Waals surface area contributed by atoms with Gasteiger partial charge in [-0.1, -0.05) is 30.3 Å². The summed E-state index contributed by atoms with van der Waals surface area (Å²) < 4.78 is 6.26. The van der Waals surface area contributed by atoms with Gasteiger partial charge in [0.2, 0.25) is 0 Å². The van der Waals surface area contributed by atoms with Gasteiger partial charge in [-0.25, -0.2) is 0 Å². The van der Waals surface area contributed by atoms with E-state index in [1.165, 1.54) is 18.4 Å². The molecule has 2 nitrogen and oxygen atoms in total. The zero-order valence-corrected chi connectivity index (χ0v) is 14.3. The second-order valence-electron chi connectivity index (χ2n) is 7.55. The lowest BCUT2D eigenvalue weighted by Crippen LogP contribution is -2.42. The van der Waals surface area contributed by atoms with Gasteiger partial charge in [0.15, 0.2) is 0 Å². The molecule has 0 radical (unpaired) electrons. The lowest BCUT2D eigenvalue weighted by atomic mass is 9.79. The fourth-order valence-electron chi connectivity index (χ4n) is 3.95. The Labute approximate surface area is 130 Å². The van der Waals surface area contributed by atoms with Crippen molar-refractivity contribution in [2.24, 2.45) is 5.92 Å². The molecule has 0 aromatic heterocycles. The van der Waals surface area contributed by atoms with Crippen molar-refractivity contribution in [1.82, 2.24) is 5.32 Å². The van der Waals surface area contributed by atoms with E-state index in [1.54, 1.807) is 0 Å². The van der Waals surface area contributed by atoms with Gasteiger partial charge in [0, 0.05) is 12.0 Å². The lowest BCUT2D eigenvalue weighted by Gasteiger charge is -2.33. The second-order valence-corrected chi connectivity index (χ2v) is 7.55. The standard InChI is InChI=1S/C19H31NO/c1-18(2)14-16(19(3,4)21-18)17(20-5)13-9-12-15-10-7-6-8-11-15/h6-8,10-11,16-17,20H,9,12-14H2,1-5H3. The molecule has 1 heterocycles. The molecule has 1 aromatic rings. The van der Waals surface area contributed by atoms with Gasteiger partial charge < -0.3 is 10.1 Å². The summed E-state index contributed by atoms with van der Waals surface area (Å²) in [5, 5.41) is 3.54. The molecular formula is C19H31NO. The molecule has 1 aromatic carbocycles. The molecule has 1 N–H and O–H groups in total. The van der Waals surface area contributed by atoms with Crippen molar-refractivity contribution in [3.8, 4) is 0 Å². The van der Waals surface area contributed by atoms with Gasteiger partial charge >= 0.3 is 0 Å². The highest BCUT2D eigenvalue weighted by Crippen LogP contribution is 2.44. The molecule has 2 rings (SSSR count). The SMILES string of the molecule is CNC(CCCc1ccccc1)C1CC(C)(C)OC1(C)C. The van der Waals surface area contributed by atoms with E-state index in [-0.39, 0.29) is 11.2 Å². The summed E-state index contributed by atoms with van der Waals surface area (Å²) in [6, 6.07) is 11.3. The van der Waals surface area contributed by atoms with Gasteiger partial charge in [0.05, 0.1) is 11.2 Å². The van der Waals surface area contributed by atoms with Crippen LogP contribution in [0.3, 0.4) is 0 Å². The first-order valence-electron chi connectivity index (χ1n) is 8.25. The monoisotopic (exact) mass is 289 g/mol. The highest BCUT2D eigenvalue weighted by molar-refractivity contribution is 5.14. The van der Waals surface area contributed by atoms with E-state index in [0.29, 0.717) is 12.0 Å². The minimum absolute atomic E-state index is 0.00268. The van der Waals surface area contributed by atoms with Crippen molar-refractivity contribution in [3.63, 3.8) is 0 Å². The minimum Gasteiger partial charge on any atom is -0.369 e. The first kappa shape index (κ1) is 16.5. The Balaban J connectivity index is 1.91. The molecule has 1 fully saturated rings. The van der Waals surface area contributed by atoms with Crippen LogP contribution in [0, 0.1) is 5.92 Å². The molecule has 2 atom stereocenters. The Morgan fingerprint density at radius 3 is 2.38 bits per heavy atom. The smallest absolute Gasteiger partial charge is 0.0677 e. The molecule has 0 spiro atoms. The topological polar surface area (TPSA) is 21.3 Å². The predicted molar refractivity (Wildman–Crippen MR) is 89.6 cm³/mol. The van der Waals surface area contributed by atoms with Crippen LogP contribution in [0.25, 0.3) is 0 Å². The summed E-state index contributed by atoms with van der Waals surface area (Å²) in [4.78, 5) is 0. The summed E-state index contributed by atoms with van der Waals surface area (Å²) in [6.07, 6.45) is 4.73. The number of hydrogen-bond donors (Lipinski definition) is 1. The number of aryl methyl sites for hydroxylation is 1. The molecule has 1 saturated heterocycles. The molecular weight excluding hydrogens is 258 g/mol. The number of rotatable bonds is 6. The highest BCUT2D eigenvalue weighted by atomic mass is 16.5. The van der Waals surface area contributed by atoms with E-state index in [0.717, 1.165) is 12.8 Å². The molecule has 118 valence electrons. The Morgan fingerprint density at radius 1 is 1.19 bits per heavy atom. The van der Waals surface area contributed by atoms with Crippen molar-refractivity contribution < 1.29 is 4.74 Å². The van der Waals surface area contributed by atoms with Gasteiger partial charge in [-0.15, -0.1) is 0 Å². The van der Waals surface area contributed by atoms with Crippen LogP contribution >= 0.6 is 0 Å². The third-order valence-corrected chi connectivity index (χ3v) is 4.82. The number of ether oxygens (including phenoxy) is 1. The maximum Gasteiger partial charge on any atom is 0.0677 e. The highest BCUT2D eigenvalue weighted by Gasteiger charge is 2.48. The average molecular weight is 289 g/mol. The van der Waals surface area contributed by atoms with Crippen LogP contribution in [-0.2, 0) is 11.2 Å². The average Bonchev–Trinajstić information content (AvgIpc) is 2.64. The van der Waals surface area contributed by atoms with Gasteiger partial charge in [0.25, 0.3) is 0 Å². The zero-order valence-electron chi connectivity index (χ0n) is 14.3. The minimum atomic E-state index is -0.0378. The zero-order chi connectivity index (χ0) is 15.5.